The molecule has 0 bridgehead atoms. The molecule has 0 fully saturated rings. The molecule has 0 aliphatic heterocycles. The van der Waals surface area contributed by atoms with Crippen LogP contribution in [0.4, 0.5) is 11.5 Å². The summed E-state index contributed by atoms with van der Waals surface area (Å²) in [7, 11) is -2.70. The van der Waals surface area contributed by atoms with Crippen LogP contribution in [0, 0.1) is 0 Å². The third kappa shape index (κ3) is 3.14. The van der Waals surface area contributed by atoms with Crippen LogP contribution in [0.2, 0.25) is 10.3 Å². The van der Waals surface area contributed by atoms with Gasteiger partial charge in [0.2, 0.25) is 5.28 Å². The number of halogens is 2. The number of nitrogens with zero attached hydrogens (tertiary/aromatic N) is 2. The Labute approximate surface area is 143 Å². The molecule has 0 unspecified atom stereocenters. The fourth-order valence-corrected chi connectivity index (χ4v) is 4.54. The van der Waals surface area contributed by atoms with Crippen molar-refractivity contribution in [2.24, 2.45) is 0 Å². The molecule has 23 heavy (non-hydrogen) atoms. The molecule has 0 atom stereocenters. The van der Waals surface area contributed by atoms with E-state index in [9.17, 15) is 9.36 Å². The van der Waals surface area contributed by atoms with E-state index in [1.54, 1.807) is 19.4 Å². The van der Waals surface area contributed by atoms with E-state index >= 15 is 0 Å². The number of fused-ring (bicyclic) bond motifs is 1. The summed E-state index contributed by atoms with van der Waals surface area (Å²) in [5, 5.41) is 3.93. The molecule has 8 heteroatoms. The summed E-state index contributed by atoms with van der Waals surface area (Å²) in [6.07, 6.45) is 2.52. The molecule has 1 aliphatic carbocycles. The van der Waals surface area contributed by atoms with Crippen LogP contribution in [0.15, 0.2) is 18.3 Å². The Morgan fingerprint density at radius 3 is 2.65 bits per heavy atom. The van der Waals surface area contributed by atoms with Gasteiger partial charge in [-0.2, -0.15) is 4.98 Å². The molecule has 0 saturated carbocycles. The number of anilines is 2. The van der Waals surface area contributed by atoms with E-state index in [0.717, 1.165) is 5.56 Å². The molecule has 1 aliphatic rings. The number of aromatic nitrogens is 2. The highest BCUT2D eigenvalue weighted by molar-refractivity contribution is 7.70. The predicted molar refractivity (Wildman–Crippen MR) is 93.5 cm³/mol. The first-order valence-corrected chi connectivity index (χ1v) is 10.3. The van der Waals surface area contributed by atoms with Gasteiger partial charge in [0.25, 0.3) is 0 Å². The SMILES string of the molecule is CP(C)(=O)c1c(Nc2nc(Cl)ncc2Cl)ccc2c1C(=O)CC2. The monoisotopic (exact) mass is 369 g/mol. The van der Waals surface area contributed by atoms with Gasteiger partial charge in [0.1, 0.15) is 12.2 Å². The minimum atomic E-state index is -2.70. The first-order valence-electron chi connectivity index (χ1n) is 6.97. The molecule has 0 saturated heterocycles. The van der Waals surface area contributed by atoms with Crippen molar-refractivity contribution in [3.63, 3.8) is 0 Å². The molecule has 1 aromatic carbocycles. The molecule has 1 heterocycles. The van der Waals surface area contributed by atoms with Gasteiger partial charge in [0, 0.05) is 17.3 Å². The maximum Gasteiger partial charge on any atom is 0.224 e. The van der Waals surface area contributed by atoms with Gasteiger partial charge in [-0.15, -0.1) is 0 Å². The zero-order valence-electron chi connectivity index (χ0n) is 12.6. The van der Waals surface area contributed by atoms with E-state index in [1.807, 2.05) is 6.07 Å². The van der Waals surface area contributed by atoms with Gasteiger partial charge in [0.15, 0.2) is 11.6 Å². The number of Topliss-reactive ketones (excluding diaryl/α,β-unsaturated/α-hetero) is 1. The van der Waals surface area contributed by atoms with Crippen LogP contribution < -0.4 is 10.6 Å². The van der Waals surface area contributed by atoms with E-state index in [2.05, 4.69) is 15.3 Å². The third-order valence-corrected chi connectivity index (χ3v) is 5.67. The van der Waals surface area contributed by atoms with Gasteiger partial charge in [-0.3, -0.25) is 4.79 Å². The quantitative estimate of drug-likeness (QED) is 0.655. The number of rotatable bonds is 3. The molecular weight excluding hydrogens is 356 g/mol. The average Bonchev–Trinajstić information content (AvgIpc) is 2.83. The van der Waals surface area contributed by atoms with Crippen LogP contribution in [0.1, 0.15) is 22.3 Å². The lowest BCUT2D eigenvalue weighted by molar-refractivity contribution is 0.0995. The van der Waals surface area contributed by atoms with Crippen molar-refractivity contribution in [1.82, 2.24) is 9.97 Å². The first-order chi connectivity index (χ1) is 10.8. The summed E-state index contributed by atoms with van der Waals surface area (Å²) in [4.78, 5) is 20.1. The van der Waals surface area contributed by atoms with Crippen molar-refractivity contribution in [3.05, 3.63) is 39.8 Å². The second-order valence-electron chi connectivity index (χ2n) is 5.73. The van der Waals surface area contributed by atoms with E-state index in [-0.39, 0.29) is 16.1 Å². The normalized spacial score (nSPS) is 14.0. The summed E-state index contributed by atoms with van der Waals surface area (Å²) in [5.41, 5.74) is 2.06. The standard InChI is InChI=1S/C15H14Cl2N3O2P/c1-23(2,22)13-10(5-3-8-4-6-11(21)12(8)13)19-14-9(16)7-18-15(17)20-14/h3,5,7H,4,6H2,1-2H3,(H,18,19,20). The van der Waals surface area contributed by atoms with Crippen molar-refractivity contribution in [2.45, 2.75) is 12.8 Å². The Bertz CT molecular complexity index is 864. The molecule has 5 nitrogen and oxygen atoms in total. The number of nitrogens with one attached hydrogen (secondary N) is 1. The zero-order valence-corrected chi connectivity index (χ0v) is 15.0. The van der Waals surface area contributed by atoms with Crippen LogP contribution in [0.25, 0.3) is 0 Å². The Balaban J connectivity index is 2.17. The highest BCUT2D eigenvalue weighted by atomic mass is 35.5. The number of carbonyl (C=O) groups excluding carboxylic acids is 1. The molecule has 3 rings (SSSR count). The van der Waals surface area contributed by atoms with E-state index in [4.69, 9.17) is 23.2 Å². The lowest BCUT2D eigenvalue weighted by Crippen LogP contribution is -2.18. The van der Waals surface area contributed by atoms with E-state index in [0.29, 0.717) is 35.2 Å². The van der Waals surface area contributed by atoms with Crippen LogP contribution in [-0.2, 0) is 11.0 Å². The molecule has 0 radical (unpaired) electrons. The molecule has 0 spiro atoms. The van der Waals surface area contributed by atoms with Crippen LogP contribution in [-0.4, -0.2) is 29.1 Å². The molecular formula is C15H14Cl2N3O2P. The highest BCUT2D eigenvalue weighted by Gasteiger charge is 2.30. The number of carbonyl (C=O) groups is 1. The van der Waals surface area contributed by atoms with Gasteiger partial charge in [-0.05, 0) is 43.0 Å². The topological polar surface area (TPSA) is 72.0 Å². The van der Waals surface area contributed by atoms with Crippen LogP contribution in [0.3, 0.4) is 0 Å². The Morgan fingerprint density at radius 2 is 1.96 bits per heavy atom. The molecule has 120 valence electrons. The van der Waals surface area contributed by atoms with Crippen molar-refractivity contribution < 1.29 is 9.36 Å². The van der Waals surface area contributed by atoms with Crippen molar-refractivity contribution >= 4 is 52.9 Å². The maximum atomic E-state index is 12.8. The van der Waals surface area contributed by atoms with Gasteiger partial charge in [-0.1, -0.05) is 17.7 Å². The second-order valence-corrected chi connectivity index (χ2v) is 9.62. The second kappa shape index (κ2) is 5.90. The summed E-state index contributed by atoms with van der Waals surface area (Å²) >= 11 is 11.9. The van der Waals surface area contributed by atoms with Crippen LogP contribution in [0.5, 0.6) is 0 Å². The maximum absolute atomic E-state index is 12.8. The fraction of sp³-hybridized carbons (Fsp3) is 0.267. The number of hydrogen-bond donors (Lipinski definition) is 1. The number of aryl methyl sites for hydroxylation is 1. The lowest BCUT2D eigenvalue weighted by Gasteiger charge is -2.18. The largest absolute Gasteiger partial charge is 0.338 e. The molecule has 2 aromatic rings. The summed E-state index contributed by atoms with van der Waals surface area (Å²) < 4.78 is 12.8. The first kappa shape index (κ1) is 16.4. The number of benzene rings is 1. The molecule has 1 N–H and O–H groups in total. The van der Waals surface area contributed by atoms with Gasteiger partial charge < -0.3 is 9.88 Å². The summed E-state index contributed by atoms with van der Waals surface area (Å²) in [6.45, 7) is 3.29. The van der Waals surface area contributed by atoms with E-state index in [1.165, 1.54) is 6.20 Å². The van der Waals surface area contributed by atoms with Gasteiger partial charge in [0.05, 0.1) is 11.9 Å². The van der Waals surface area contributed by atoms with Gasteiger partial charge >= 0.3 is 0 Å². The highest BCUT2D eigenvalue weighted by Crippen LogP contribution is 2.43. The van der Waals surface area contributed by atoms with Crippen molar-refractivity contribution in [3.8, 4) is 0 Å². The smallest absolute Gasteiger partial charge is 0.224 e. The zero-order chi connectivity index (χ0) is 16.8. The Morgan fingerprint density at radius 1 is 1.22 bits per heavy atom. The molecule has 1 aromatic heterocycles. The van der Waals surface area contributed by atoms with Crippen LogP contribution >= 0.6 is 30.3 Å². The number of hydrogen-bond acceptors (Lipinski definition) is 5. The molecule has 0 amide bonds. The lowest BCUT2D eigenvalue weighted by atomic mass is 10.1. The Hall–Kier alpha value is -1.42. The average molecular weight is 370 g/mol. The minimum absolute atomic E-state index is 0.0226. The number of ketones is 1. The van der Waals surface area contributed by atoms with Crippen molar-refractivity contribution in [1.29, 1.82) is 0 Å². The minimum Gasteiger partial charge on any atom is -0.338 e. The predicted octanol–water partition coefficient (Wildman–Crippen LogP) is 3.90. The van der Waals surface area contributed by atoms with E-state index < -0.39 is 7.14 Å². The Kier molecular flexibility index (Phi) is 4.21. The summed E-state index contributed by atoms with van der Waals surface area (Å²) in [6, 6.07) is 3.68. The fourth-order valence-electron chi connectivity index (χ4n) is 2.75. The summed E-state index contributed by atoms with van der Waals surface area (Å²) in [5.74, 6) is 0.334. The van der Waals surface area contributed by atoms with Gasteiger partial charge in [-0.25, -0.2) is 4.98 Å². The third-order valence-electron chi connectivity index (χ3n) is 3.67. The van der Waals surface area contributed by atoms with Crippen molar-refractivity contribution in [2.75, 3.05) is 18.6 Å².